The van der Waals surface area contributed by atoms with E-state index in [1.54, 1.807) is 50.4 Å². The topological polar surface area (TPSA) is 73.9 Å². The Morgan fingerprint density at radius 2 is 1.65 bits per heavy atom. The molecular weight excluding hydrogens is 334 g/mol. The number of esters is 1. The molecule has 2 rings (SSSR count). The Balaban J connectivity index is 1.65. The number of ether oxygens (including phenoxy) is 3. The van der Waals surface area contributed by atoms with Crippen LogP contribution >= 0.6 is 0 Å². The summed E-state index contributed by atoms with van der Waals surface area (Å²) in [5.41, 5.74) is 0.660. The molecule has 0 spiro atoms. The third-order valence-electron chi connectivity index (χ3n) is 3.57. The molecule has 2 aromatic carbocycles. The Bertz CT molecular complexity index is 700. The Morgan fingerprint density at radius 3 is 2.31 bits per heavy atom. The molecule has 6 heteroatoms. The van der Waals surface area contributed by atoms with E-state index in [9.17, 15) is 9.59 Å². The van der Waals surface area contributed by atoms with Crippen molar-refractivity contribution in [2.45, 2.75) is 25.9 Å². The number of rotatable bonds is 9. The summed E-state index contributed by atoms with van der Waals surface area (Å²) in [6, 6.07) is 16.2. The molecular formula is C20H23NO5. The molecule has 0 heterocycles. The lowest BCUT2D eigenvalue weighted by molar-refractivity contribution is -0.153. The van der Waals surface area contributed by atoms with Crippen LogP contribution < -0.4 is 14.8 Å². The molecule has 6 nitrogen and oxygen atoms in total. The first-order valence-electron chi connectivity index (χ1n) is 8.40. The molecule has 0 fully saturated rings. The Hall–Kier alpha value is -3.02. The van der Waals surface area contributed by atoms with Crippen molar-refractivity contribution in [2.75, 3.05) is 19.0 Å². The van der Waals surface area contributed by atoms with Gasteiger partial charge in [-0.15, -0.1) is 0 Å². The minimum Gasteiger partial charge on any atom is -0.497 e. The third-order valence-corrected chi connectivity index (χ3v) is 3.57. The molecule has 0 radical (unpaired) electrons. The van der Waals surface area contributed by atoms with Gasteiger partial charge >= 0.3 is 5.97 Å². The predicted octanol–water partition coefficient (Wildman–Crippen LogP) is 3.42. The zero-order valence-electron chi connectivity index (χ0n) is 14.9. The highest BCUT2D eigenvalue weighted by atomic mass is 16.5. The monoisotopic (exact) mass is 357 g/mol. The van der Waals surface area contributed by atoms with Crippen molar-refractivity contribution >= 4 is 17.6 Å². The van der Waals surface area contributed by atoms with Crippen LogP contribution in [0.2, 0.25) is 0 Å². The maximum Gasteiger partial charge on any atom is 0.306 e. The summed E-state index contributed by atoms with van der Waals surface area (Å²) in [6.07, 6.45) is -0.179. The van der Waals surface area contributed by atoms with Gasteiger partial charge in [-0.25, -0.2) is 0 Å². The molecule has 26 heavy (non-hydrogen) atoms. The first kappa shape index (κ1) is 19.3. The number of carbonyl (C=O) groups excluding carboxylic acids is 2. The van der Waals surface area contributed by atoms with E-state index in [-0.39, 0.29) is 12.3 Å². The zero-order chi connectivity index (χ0) is 18.8. The number of hydrogen-bond donors (Lipinski definition) is 1. The van der Waals surface area contributed by atoms with E-state index in [1.807, 2.05) is 18.2 Å². The SMILES string of the molecule is COc1ccc(OCCCC(=O)O[C@@H](C)C(=O)Nc2ccccc2)cc1. The first-order valence-corrected chi connectivity index (χ1v) is 8.40. The lowest BCUT2D eigenvalue weighted by atomic mass is 10.3. The minimum absolute atomic E-state index is 0.180. The third kappa shape index (κ3) is 6.47. The molecule has 1 N–H and O–H groups in total. The summed E-state index contributed by atoms with van der Waals surface area (Å²) in [5, 5.41) is 2.69. The molecule has 0 unspecified atom stereocenters. The quantitative estimate of drug-likeness (QED) is 0.550. The molecule has 0 aliphatic rings. The molecule has 0 aliphatic carbocycles. The highest BCUT2D eigenvalue weighted by Crippen LogP contribution is 2.17. The fraction of sp³-hybridized carbons (Fsp3) is 0.300. The Morgan fingerprint density at radius 1 is 1.00 bits per heavy atom. The summed E-state index contributed by atoms with van der Waals surface area (Å²) < 4.78 is 15.8. The van der Waals surface area contributed by atoms with Crippen molar-refractivity contribution in [3.05, 3.63) is 54.6 Å². The number of para-hydroxylation sites is 1. The van der Waals surface area contributed by atoms with E-state index in [2.05, 4.69) is 5.32 Å². The van der Waals surface area contributed by atoms with Gasteiger partial charge in [0.25, 0.3) is 5.91 Å². The number of hydrogen-bond acceptors (Lipinski definition) is 5. The van der Waals surface area contributed by atoms with Crippen molar-refractivity contribution in [3.8, 4) is 11.5 Å². The van der Waals surface area contributed by atoms with Crippen LogP contribution in [0.4, 0.5) is 5.69 Å². The fourth-order valence-electron chi connectivity index (χ4n) is 2.15. The van der Waals surface area contributed by atoms with E-state index in [0.717, 1.165) is 5.75 Å². The predicted molar refractivity (Wildman–Crippen MR) is 98.3 cm³/mol. The number of amides is 1. The van der Waals surface area contributed by atoms with Crippen LogP contribution in [0.15, 0.2) is 54.6 Å². The zero-order valence-corrected chi connectivity index (χ0v) is 14.9. The van der Waals surface area contributed by atoms with Crippen molar-refractivity contribution in [2.24, 2.45) is 0 Å². The van der Waals surface area contributed by atoms with Crippen LogP contribution in [0.3, 0.4) is 0 Å². The van der Waals surface area contributed by atoms with Gasteiger partial charge in [0.05, 0.1) is 13.7 Å². The van der Waals surface area contributed by atoms with Gasteiger partial charge in [-0.2, -0.15) is 0 Å². The smallest absolute Gasteiger partial charge is 0.306 e. The van der Waals surface area contributed by atoms with Crippen molar-refractivity contribution in [1.29, 1.82) is 0 Å². The second-order valence-electron chi connectivity index (χ2n) is 5.61. The van der Waals surface area contributed by atoms with Crippen LogP contribution in [0.5, 0.6) is 11.5 Å². The second kappa shape index (κ2) is 10.1. The second-order valence-corrected chi connectivity index (χ2v) is 5.61. The van der Waals surface area contributed by atoms with Crippen LogP contribution in [0, 0.1) is 0 Å². The molecule has 0 aliphatic heterocycles. The van der Waals surface area contributed by atoms with Gasteiger partial charge in [0.2, 0.25) is 0 Å². The largest absolute Gasteiger partial charge is 0.497 e. The maximum atomic E-state index is 12.0. The van der Waals surface area contributed by atoms with Crippen LogP contribution in [0.25, 0.3) is 0 Å². The van der Waals surface area contributed by atoms with E-state index in [4.69, 9.17) is 14.2 Å². The van der Waals surface area contributed by atoms with Gasteiger partial charge in [-0.05, 0) is 49.7 Å². The van der Waals surface area contributed by atoms with Gasteiger partial charge in [0.1, 0.15) is 11.5 Å². The first-order chi connectivity index (χ1) is 12.6. The average molecular weight is 357 g/mol. The number of nitrogens with one attached hydrogen (secondary N) is 1. The van der Waals surface area contributed by atoms with Crippen molar-refractivity contribution in [3.63, 3.8) is 0 Å². The minimum atomic E-state index is -0.856. The molecule has 0 saturated heterocycles. The average Bonchev–Trinajstić information content (AvgIpc) is 2.66. The standard InChI is InChI=1S/C20H23NO5/c1-15(20(23)21-16-7-4-3-5-8-16)26-19(22)9-6-14-25-18-12-10-17(24-2)11-13-18/h3-5,7-8,10-13,15H,6,9,14H2,1-2H3,(H,21,23)/t15-/m0/s1. The molecule has 0 bridgehead atoms. The molecule has 138 valence electrons. The molecule has 1 amide bonds. The number of anilines is 1. The Kier molecular flexibility index (Phi) is 7.49. The summed E-state index contributed by atoms with van der Waals surface area (Å²) in [5.74, 6) is 0.663. The van der Waals surface area contributed by atoms with Gasteiger partial charge < -0.3 is 19.5 Å². The highest BCUT2D eigenvalue weighted by Gasteiger charge is 2.17. The van der Waals surface area contributed by atoms with E-state index in [0.29, 0.717) is 24.5 Å². The highest BCUT2D eigenvalue weighted by molar-refractivity contribution is 5.95. The maximum absolute atomic E-state index is 12.0. The van der Waals surface area contributed by atoms with Gasteiger partial charge in [0.15, 0.2) is 6.10 Å². The summed E-state index contributed by atoms with van der Waals surface area (Å²) in [6.45, 7) is 1.93. The lowest BCUT2D eigenvalue weighted by Gasteiger charge is -2.13. The normalized spacial score (nSPS) is 11.3. The van der Waals surface area contributed by atoms with Gasteiger partial charge in [0, 0.05) is 12.1 Å². The van der Waals surface area contributed by atoms with Crippen LogP contribution in [-0.2, 0) is 14.3 Å². The Labute approximate surface area is 153 Å². The summed E-state index contributed by atoms with van der Waals surface area (Å²) in [4.78, 5) is 23.8. The van der Waals surface area contributed by atoms with E-state index >= 15 is 0 Å². The van der Waals surface area contributed by atoms with Gasteiger partial charge in [-0.3, -0.25) is 9.59 Å². The fourth-order valence-corrected chi connectivity index (χ4v) is 2.15. The van der Waals surface area contributed by atoms with E-state index in [1.165, 1.54) is 0 Å². The van der Waals surface area contributed by atoms with Crippen LogP contribution in [0.1, 0.15) is 19.8 Å². The van der Waals surface area contributed by atoms with E-state index < -0.39 is 12.1 Å². The molecule has 2 aromatic rings. The number of methoxy groups -OCH3 is 1. The number of carbonyl (C=O) groups is 2. The lowest BCUT2D eigenvalue weighted by Crippen LogP contribution is -2.30. The summed E-state index contributed by atoms with van der Waals surface area (Å²) >= 11 is 0. The van der Waals surface area contributed by atoms with Crippen molar-refractivity contribution < 1.29 is 23.8 Å². The van der Waals surface area contributed by atoms with Gasteiger partial charge in [-0.1, -0.05) is 18.2 Å². The number of benzene rings is 2. The van der Waals surface area contributed by atoms with Crippen LogP contribution in [-0.4, -0.2) is 31.7 Å². The summed E-state index contributed by atoms with van der Waals surface area (Å²) in [7, 11) is 1.60. The molecule has 0 saturated carbocycles. The molecule has 1 atom stereocenters. The molecule has 0 aromatic heterocycles. The van der Waals surface area contributed by atoms with Crippen molar-refractivity contribution in [1.82, 2.24) is 0 Å².